The van der Waals surface area contributed by atoms with Crippen LogP contribution in [-0.2, 0) is 6.61 Å². The highest BCUT2D eigenvalue weighted by molar-refractivity contribution is 5.28. The summed E-state index contributed by atoms with van der Waals surface area (Å²) in [6.07, 6.45) is 3.52. The number of rotatable bonds is 3. The van der Waals surface area contributed by atoms with E-state index in [1.165, 1.54) is 5.56 Å². The molecule has 3 heteroatoms. The fourth-order valence-corrected chi connectivity index (χ4v) is 1.34. The minimum absolute atomic E-state index is 0. The van der Waals surface area contributed by atoms with Crippen LogP contribution in [0.5, 0.6) is 5.75 Å². The molecule has 2 rings (SSSR count). The maximum absolute atomic E-state index is 5.66. The predicted molar refractivity (Wildman–Crippen MR) is 64.8 cm³/mol. The van der Waals surface area contributed by atoms with E-state index in [0.717, 1.165) is 11.3 Å². The fourth-order valence-electron chi connectivity index (χ4n) is 1.34. The highest BCUT2D eigenvalue weighted by Gasteiger charge is 1.98. The zero-order valence-corrected chi connectivity index (χ0v) is 9.39. The number of hydrogen-bond donors (Lipinski definition) is 1. The van der Waals surface area contributed by atoms with Crippen molar-refractivity contribution in [3.8, 4) is 5.75 Å². The predicted octanol–water partition coefficient (Wildman–Crippen LogP) is 3.13. The molecule has 16 heavy (non-hydrogen) atoms. The summed E-state index contributed by atoms with van der Waals surface area (Å²) >= 11 is 0. The molecule has 0 saturated heterocycles. The molecule has 0 radical (unpaired) electrons. The molecule has 0 aliphatic rings. The Morgan fingerprint density at radius 2 is 1.88 bits per heavy atom. The minimum Gasteiger partial charge on any atom is -0.487 e. The zero-order valence-electron chi connectivity index (χ0n) is 9.39. The molecule has 3 N–H and O–H groups in total. The van der Waals surface area contributed by atoms with Gasteiger partial charge in [0, 0.05) is 6.20 Å². The third-order valence-corrected chi connectivity index (χ3v) is 2.23. The Labute approximate surface area is 95.7 Å². The van der Waals surface area contributed by atoms with Crippen molar-refractivity contribution in [2.24, 2.45) is 0 Å². The maximum atomic E-state index is 5.66. The summed E-state index contributed by atoms with van der Waals surface area (Å²) in [5.74, 6) is 0.848. The van der Waals surface area contributed by atoms with Crippen LogP contribution in [0.3, 0.4) is 0 Å². The van der Waals surface area contributed by atoms with Gasteiger partial charge in [0.15, 0.2) is 0 Å². The highest BCUT2D eigenvalue weighted by Crippen LogP contribution is 2.16. The molecule has 0 atom stereocenters. The van der Waals surface area contributed by atoms with Gasteiger partial charge < -0.3 is 10.9 Å². The topological polar surface area (TPSA) is 57.1 Å². The van der Waals surface area contributed by atoms with Crippen LogP contribution in [0, 0.1) is 6.92 Å². The molecular weight excluding hydrogens is 200 g/mol. The van der Waals surface area contributed by atoms with E-state index in [-0.39, 0.29) is 6.15 Å². The normalized spacial score (nSPS) is 9.31. The number of nitrogens with zero attached hydrogens (tertiary/aromatic N) is 1. The molecule has 0 aliphatic heterocycles. The van der Waals surface area contributed by atoms with Crippen molar-refractivity contribution >= 4 is 0 Å². The van der Waals surface area contributed by atoms with E-state index in [1.54, 1.807) is 12.4 Å². The first-order chi connectivity index (χ1) is 7.36. The van der Waals surface area contributed by atoms with Gasteiger partial charge in [-0.25, -0.2) is 0 Å². The molecule has 2 aromatic rings. The fraction of sp³-hybridized carbons (Fsp3) is 0.154. The number of aromatic nitrogens is 1. The monoisotopic (exact) mass is 216 g/mol. The molecule has 1 heterocycles. The van der Waals surface area contributed by atoms with Gasteiger partial charge in [-0.1, -0.05) is 30.3 Å². The molecule has 0 unspecified atom stereocenters. The average molecular weight is 216 g/mol. The first-order valence-electron chi connectivity index (χ1n) is 4.93. The van der Waals surface area contributed by atoms with Crippen LogP contribution < -0.4 is 10.9 Å². The summed E-state index contributed by atoms with van der Waals surface area (Å²) in [5.41, 5.74) is 2.28. The van der Waals surface area contributed by atoms with E-state index in [1.807, 2.05) is 43.3 Å². The lowest BCUT2D eigenvalue weighted by Crippen LogP contribution is -1.96. The molecule has 0 spiro atoms. The van der Waals surface area contributed by atoms with E-state index in [2.05, 4.69) is 4.98 Å². The van der Waals surface area contributed by atoms with Gasteiger partial charge in [0.2, 0.25) is 0 Å². The van der Waals surface area contributed by atoms with Crippen LogP contribution in [0.4, 0.5) is 0 Å². The Bertz CT molecular complexity index is 429. The van der Waals surface area contributed by atoms with Crippen molar-refractivity contribution < 1.29 is 4.74 Å². The second-order valence-corrected chi connectivity index (χ2v) is 3.42. The molecule has 0 aliphatic carbocycles. The largest absolute Gasteiger partial charge is 0.487 e. The molecule has 0 fully saturated rings. The van der Waals surface area contributed by atoms with Gasteiger partial charge in [-0.15, -0.1) is 0 Å². The van der Waals surface area contributed by atoms with Crippen LogP contribution in [0.2, 0.25) is 0 Å². The van der Waals surface area contributed by atoms with Crippen LogP contribution >= 0.6 is 0 Å². The molecule has 1 aromatic heterocycles. The smallest absolute Gasteiger partial charge is 0.140 e. The Morgan fingerprint density at radius 1 is 1.12 bits per heavy atom. The van der Waals surface area contributed by atoms with Gasteiger partial charge in [0.1, 0.15) is 12.4 Å². The van der Waals surface area contributed by atoms with Crippen molar-refractivity contribution in [1.82, 2.24) is 11.1 Å². The highest BCUT2D eigenvalue weighted by atomic mass is 16.5. The van der Waals surface area contributed by atoms with E-state index in [9.17, 15) is 0 Å². The summed E-state index contributed by atoms with van der Waals surface area (Å²) in [4.78, 5) is 4.03. The standard InChI is InChI=1S/C13H13NO.H3N/c1-11-7-8-14-9-13(11)15-10-12-5-3-2-4-6-12;/h2-9H,10H2,1H3;1H3. The third kappa shape index (κ3) is 3.07. The molecular formula is C13H16N2O. The lowest BCUT2D eigenvalue weighted by molar-refractivity contribution is 0.303. The lowest BCUT2D eigenvalue weighted by Gasteiger charge is -2.07. The van der Waals surface area contributed by atoms with Gasteiger partial charge in [0.25, 0.3) is 0 Å². The Balaban J connectivity index is 0.00000128. The van der Waals surface area contributed by atoms with Crippen LogP contribution in [0.1, 0.15) is 11.1 Å². The SMILES string of the molecule is Cc1ccncc1OCc1ccccc1.N. The summed E-state index contributed by atoms with van der Waals surface area (Å²) < 4.78 is 5.66. The zero-order chi connectivity index (χ0) is 10.5. The summed E-state index contributed by atoms with van der Waals surface area (Å²) in [7, 11) is 0. The van der Waals surface area contributed by atoms with Gasteiger partial charge in [-0.2, -0.15) is 0 Å². The number of pyridine rings is 1. The van der Waals surface area contributed by atoms with Crippen LogP contribution in [-0.4, -0.2) is 4.98 Å². The molecule has 0 bridgehead atoms. The van der Waals surface area contributed by atoms with Crippen LogP contribution in [0.25, 0.3) is 0 Å². The molecule has 1 aromatic carbocycles. The van der Waals surface area contributed by atoms with E-state index in [4.69, 9.17) is 4.74 Å². The third-order valence-electron chi connectivity index (χ3n) is 2.23. The summed E-state index contributed by atoms with van der Waals surface area (Å²) in [5, 5.41) is 0. The summed E-state index contributed by atoms with van der Waals surface area (Å²) in [6, 6.07) is 12.1. The van der Waals surface area contributed by atoms with Crippen molar-refractivity contribution in [3.05, 3.63) is 59.9 Å². The molecule has 84 valence electrons. The number of ether oxygens (including phenoxy) is 1. The van der Waals surface area contributed by atoms with Crippen molar-refractivity contribution in [3.63, 3.8) is 0 Å². The molecule has 0 saturated carbocycles. The molecule has 0 amide bonds. The lowest BCUT2D eigenvalue weighted by atomic mass is 10.2. The van der Waals surface area contributed by atoms with Gasteiger partial charge >= 0.3 is 0 Å². The van der Waals surface area contributed by atoms with E-state index in [0.29, 0.717) is 6.61 Å². The Morgan fingerprint density at radius 3 is 2.56 bits per heavy atom. The van der Waals surface area contributed by atoms with Crippen LogP contribution in [0.15, 0.2) is 48.8 Å². The second-order valence-electron chi connectivity index (χ2n) is 3.42. The second kappa shape index (κ2) is 5.88. The maximum Gasteiger partial charge on any atom is 0.140 e. The first-order valence-corrected chi connectivity index (χ1v) is 4.93. The van der Waals surface area contributed by atoms with Gasteiger partial charge in [0.05, 0.1) is 6.20 Å². The average Bonchev–Trinajstić information content (AvgIpc) is 2.29. The van der Waals surface area contributed by atoms with Crippen molar-refractivity contribution in [1.29, 1.82) is 0 Å². The Hall–Kier alpha value is -1.87. The quantitative estimate of drug-likeness (QED) is 0.857. The number of benzene rings is 1. The van der Waals surface area contributed by atoms with Gasteiger partial charge in [-0.05, 0) is 24.1 Å². The van der Waals surface area contributed by atoms with E-state index >= 15 is 0 Å². The molecule has 3 nitrogen and oxygen atoms in total. The number of aryl methyl sites for hydroxylation is 1. The van der Waals surface area contributed by atoms with Crippen molar-refractivity contribution in [2.45, 2.75) is 13.5 Å². The van der Waals surface area contributed by atoms with E-state index < -0.39 is 0 Å². The van der Waals surface area contributed by atoms with Gasteiger partial charge in [-0.3, -0.25) is 4.98 Å². The van der Waals surface area contributed by atoms with Crippen molar-refractivity contribution in [2.75, 3.05) is 0 Å². The Kier molecular flexibility index (Phi) is 4.48. The summed E-state index contributed by atoms with van der Waals surface area (Å²) in [6.45, 7) is 2.61. The number of hydrogen-bond acceptors (Lipinski definition) is 3. The first kappa shape index (κ1) is 12.2. The minimum atomic E-state index is 0.